The van der Waals surface area contributed by atoms with Crippen molar-refractivity contribution in [2.45, 2.75) is 12.8 Å². The molecule has 0 bridgehead atoms. The number of hydrogen-bond acceptors (Lipinski definition) is 3. The second-order valence-electron chi connectivity index (χ2n) is 4.31. The lowest BCUT2D eigenvalue weighted by Crippen LogP contribution is -2.14. The molecule has 1 atom stereocenters. The van der Waals surface area contributed by atoms with E-state index in [1.54, 1.807) is 12.4 Å². The number of likely N-dealkylation sites (N-methyl/N-ethyl adjacent to an activating group) is 1. The Morgan fingerprint density at radius 2 is 2.19 bits per heavy atom. The monoisotopic (exact) mass is 214 g/mol. The van der Waals surface area contributed by atoms with Gasteiger partial charge >= 0.3 is 0 Å². The highest BCUT2D eigenvalue weighted by Gasteiger charge is 2.20. The van der Waals surface area contributed by atoms with E-state index in [1.807, 2.05) is 0 Å². The standard InChI is InChI=1S/C12H14N4/c1-8-5-9(7-16(8)2)10-6-11-12(15-10)14-4-3-13-11/h3-6,9H,7H2,1-2H3,(H,14,15). The van der Waals surface area contributed by atoms with E-state index in [2.05, 4.69) is 46.0 Å². The van der Waals surface area contributed by atoms with Crippen LogP contribution in [0.25, 0.3) is 11.2 Å². The summed E-state index contributed by atoms with van der Waals surface area (Å²) in [5.74, 6) is 0.431. The third-order valence-corrected chi connectivity index (χ3v) is 3.20. The van der Waals surface area contributed by atoms with Crippen LogP contribution in [0, 0.1) is 0 Å². The molecule has 4 heteroatoms. The van der Waals surface area contributed by atoms with Crippen molar-refractivity contribution in [3.8, 4) is 0 Å². The van der Waals surface area contributed by atoms with E-state index in [-0.39, 0.29) is 0 Å². The van der Waals surface area contributed by atoms with Gasteiger partial charge in [-0.3, -0.25) is 4.98 Å². The number of allylic oxidation sites excluding steroid dienone is 1. The molecule has 0 amide bonds. The molecule has 0 fully saturated rings. The second kappa shape index (κ2) is 3.33. The van der Waals surface area contributed by atoms with Crippen LogP contribution in [-0.4, -0.2) is 33.4 Å². The summed E-state index contributed by atoms with van der Waals surface area (Å²) < 4.78 is 0. The maximum absolute atomic E-state index is 4.28. The minimum Gasteiger partial charge on any atom is -0.377 e. The molecule has 16 heavy (non-hydrogen) atoms. The number of aromatic nitrogens is 3. The van der Waals surface area contributed by atoms with Crippen LogP contribution >= 0.6 is 0 Å². The van der Waals surface area contributed by atoms with Crippen LogP contribution in [0.1, 0.15) is 18.5 Å². The third kappa shape index (κ3) is 1.38. The summed E-state index contributed by atoms with van der Waals surface area (Å²) in [4.78, 5) is 14.1. The lowest BCUT2D eigenvalue weighted by Gasteiger charge is -2.13. The fourth-order valence-corrected chi connectivity index (χ4v) is 2.17. The average Bonchev–Trinajstić information content (AvgIpc) is 2.83. The van der Waals surface area contributed by atoms with Crippen molar-refractivity contribution in [3.63, 3.8) is 0 Å². The van der Waals surface area contributed by atoms with Gasteiger partial charge in [-0.05, 0) is 13.0 Å². The topological polar surface area (TPSA) is 44.8 Å². The average molecular weight is 214 g/mol. The van der Waals surface area contributed by atoms with E-state index in [4.69, 9.17) is 0 Å². The first-order valence-electron chi connectivity index (χ1n) is 5.43. The van der Waals surface area contributed by atoms with Crippen LogP contribution in [0.3, 0.4) is 0 Å². The van der Waals surface area contributed by atoms with Crippen molar-refractivity contribution < 1.29 is 0 Å². The largest absolute Gasteiger partial charge is 0.377 e. The van der Waals surface area contributed by atoms with Gasteiger partial charge in [-0.2, -0.15) is 0 Å². The summed E-state index contributed by atoms with van der Waals surface area (Å²) in [5.41, 5.74) is 4.34. The number of hydrogen-bond donors (Lipinski definition) is 1. The van der Waals surface area contributed by atoms with Crippen LogP contribution in [0.5, 0.6) is 0 Å². The molecule has 1 aliphatic heterocycles. The molecule has 4 nitrogen and oxygen atoms in total. The van der Waals surface area contributed by atoms with Gasteiger partial charge in [-0.25, -0.2) is 4.98 Å². The Balaban J connectivity index is 2.01. The van der Waals surface area contributed by atoms with Gasteiger partial charge in [0.1, 0.15) is 5.52 Å². The molecular formula is C12H14N4. The van der Waals surface area contributed by atoms with Crippen molar-refractivity contribution in [1.82, 2.24) is 19.9 Å². The number of H-pyrrole nitrogens is 1. The van der Waals surface area contributed by atoms with Crippen molar-refractivity contribution in [2.24, 2.45) is 0 Å². The first-order valence-corrected chi connectivity index (χ1v) is 5.43. The minimum atomic E-state index is 0.431. The summed E-state index contributed by atoms with van der Waals surface area (Å²) in [7, 11) is 2.12. The number of fused-ring (bicyclic) bond motifs is 1. The van der Waals surface area contributed by atoms with E-state index in [0.717, 1.165) is 17.7 Å². The lowest BCUT2D eigenvalue weighted by atomic mass is 10.1. The first kappa shape index (κ1) is 9.39. The van der Waals surface area contributed by atoms with Gasteiger partial charge < -0.3 is 9.88 Å². The molecule has 3 heterocycles. The van der Waals surface area contributed by atoms with Crippen molar-refractivity contribution in [2.75, 3.05) is 13.6 Å². The Morgan fingerprint density at radius 1 is 1.38 bits per heavy atom. The fraction of sp³-hybridized carbons (Fsp3) is 0.333. The zero-order valence-electron chi connectivity index (χ0n) is 9.44. The highest BCUT2D eigenvalue weighted by atomic mass is 15.1. The maximum Gasteiger partial charge on any atom is 0.156 e. The van der Waals surface area contributed by atoms with E-state index in [9.17, 15) is 0 Å². The maximum atomic E-state index is 4.28. The summed E-state index contributed by atoms with van der Waals surface area (Å²) >= 11 is 0. The van der Waals surface area contributed by atoms with Crippen molar-refractivity contribution in [1.29, 1.82) is 0 Å². The number of nitrogens with one attached hydrogen (secondary N) is 1. The van der Waals surface area contributed by atoms with Gasteiger partial charge in [-0.15, -0.1) is 0 Å². The highest BCUT2D eigenvalue weighted by molar-refractivity contribution is 5.71. The van der Waals surface area contributed by atoms with Gasteiger partial charge in [0, 0.05) is 43.3 Å². The Labute approximate surface area is 94.0 Å². The Bertz CT molecular complexity index is 522. The molecule has 0 aromatic carbocycles. The molecule has 2 aromatic heterocycles. The lowest BCUT2D eigenvalue weighted by molar-refractivity contribution is 0.442. The molecule has 1 N–H and O–H groups in total. The molecule has 0 aliphatic carbocycles. The highest BCUT2D eigenvalue weighted by Crippen LogP contribution is 2.27. The zero-order chi connectivity index (χ0) is 11.1. The molecule has 0 saturated heterocycles. The molecular weight excluding hydrogens is 200 g/mol. The second-order valence-corrected chi connectivity index (χ2v) is 4.31. The molecule has 82 valence electrons. The molecule has 3 rings (SSSR count). The van der Waals surface area contributed by atoms with E-state index in [1.165, 1.54) is 11.4 Å². The van der Waals surface area contributed by atoms with Gasteiger partial charge in [0.25, 0.3) is 0 Å². The van der Waals surface area contributed by atoms with Crippen molar-refractivity contribution in [3.05, 3.63) is 35.9 Å². The van der Waals surface area contributed by atoms with E-state index in [0.29, 0.717) is 5.92 Å². The Morgan fingerprint density at radius 3 is 2.88 bits per heavy atom. The summed E-state index contributed by atoms with van der Waals surface area (Å²) in [6.07, 6.45) is 5.72. The smallest absolute Gasteiger partial charge is 0.156 e. The number of rotatable bonds is 1. The first-order chi connectivity index (χ1) is 7.74. The Hall–Kier alpha value is -1.84. The summed E-state index contributed by atoms with van der Waals surface area (Å²) in [5, 5.41) is 0. The fourth-order valence-electron chi connectivity index (χ4n) is 2.17. The molecule has 1 unspecified atom stereocenters. The van der Waals surface area contributed by atoms with Gasteiger partial charge in [0.2, 0.25) is 0 Å². The predicted octanol–water partition coefficient (Wildman–Crippen LogP) is 1.89. The number of aromatic amines is 1. The predicted molar refractivity (Wildman–Crippen MR) is 63.0 cm³/mol. The quantitative estimate of drug-likeness (QED) is 0.788. The molecule has 1 aliphatic rings. The van der Waals surface area contributed by atoms with Crippen LogP contribution in [0.2, 0.25) is 0 Å². The van der Waals surface area contributed by atoms with Crippen LogP contribution in [0.15, 0.2) is 30.2 Å². The third-order valence-electron chi connectivity index (χ3n) is 3.20. The minimum absolute atomic E-state index is 0.431. The summed E-state index contributed by atoms with van der Waals surface area (Å²) in [6, 6.07) is 2.09. The van der Waals surface area contributed by atoms with E-state index < -0.39 is 0 Å². The Kier molecular flexibility index (Phi) is 1.96. The van der Waals surface area contributed by atoms with Gasteiger partial charge in [-0.1, -0.05) is 6.08 Å². The SMILES string of the molecule is CC1=CC(c2cc3nccnc3[nH]2)CN1C. The normalized spacial score (nSPS) is 20.5. The summed E-state index contributed by atoms with van der Waals surface area (Å²) in [6.45, 7) is 3.16. The molecule has 0 spiro atoms. The van der Waals surface area contributed by atoms with Crippen LogP contribution in [0.4, 0.5) is 0 Å². The molecule has 0 radical (unpaired) electrons. The van der Waals surface area contributed by atoms with Gasteiger partial charge in [0.15, 0.2) is 5.65 Å². The number of nitrogens with zero attached hydrogens (tertiary/aromatic N) is 3. The zero-order valence-corrected chi connectivity index (χ0v) is 9.44. The molecule has 0 saturated carbocycles. The van der Waals surface area contributed by atoms with Crippen molar-refractivity contribution >= 4 is 11.2 Å². The van der Waals surface area contributed by atoms with E-state index >= 15 is 0 Å². The van der Waals surface area contributed by atoms with Crippen LogP contribution in [-0.2, 0) is 0 Å². The molecule has 2 aromatic rings. The van der Waals surface area contributed by atoms with Gasteiger partial charge in [0.05, 0.1) is 0 Å². The van der Waals surface area contributed by atoms with Crippen LogP contribution < -0.4 is 0 Å².